The summed E-state index contributed by atoms with van der Waals surface area (Å²) in [6.45, 7) is -0.173. The van der Waals surface area contributed by atoms with Gasteiger partial charge >= 0.3 is 0 Å². The Morgan fingerprint density at radius 1 is 1.35 bits per heavy atom. The molecule has 0 aliphatic carbocycles. The molecule has 0 atom stereocenters. The van der Waals surface area contributed by atoms with Crippen molar-refractivity contribution in [3.8, 4) is 0 Å². The lowest BCUT2D eigenvalue weighted by atomic mass is 10.3. The third kappa shape index (κ3) is 3.19. The summed E-state index contributed by atoms with van der Waals surface area (Å²) in [5, 5.41) is 5.72. The summed E-state index contributed by atoms with van der Waals surface area (Å²) in [6, 6.07) is 6.80. The number of hydrogen-bond donors (Lipinski definition) is 2. The van der Waals surface area contributed by atoms with Crippen LogP contribution < -0.4 is 10.6 Å². The Morgan fingerprint density at radius 3 is 2.91 bits per heavy atom. The van der Waals surface area contributed by atoms with Crippen molar-refractivity contribution < 1.29 is 14.0 Å². The first kappa shape index (κ1) is 15.1. The summed E-state index contributed by atoms with van der Waals surface area (Å²) >= 11 is 5.93. The number of benzene rings is 1. The molecule has 2 aromatic heterocycles. The average molecular weight is 333 g/mol. The van der Waals surface area contributed by atoms with Gasteiger partial charge in [-0.05, 0) is 24.3 Å². The topological polar surface area (TPSA) is 89.2 Å². The number of anilines is 1. The van der Waals surface area contributed by atoms with Crippen LogP contribution in [0.4, 0.5) is 5.95 Å². The van der Waals surface area contributed by atoms with Gasteiger partial charge in [-0.3, -0.25) is 14.9 Å². The largest absolute Gasteiger partial charge is 0.472 e. The quantitative estimate of drug-likeness (QED) is 0.766. The number of rotatable bonds is 4. The van der Waals surface area contributed by atoms with E-state index in [0.717, 1.165) is 5.52 Å². The Balaban J connectivity index is 1.66. The molecular formula is C15H13ClN4O3. The molecule has 2 N–H and O–H groups in total. The molecule has 0 unspecified atom stereocenters. The van der Waals surface area contributed by atoms with Crippen LogP contribution in [0.5, 0.6) is 0 Å². The fourth-order valence-electron chi connectivity index (χ4n) is 2.11. The van der Waals surface area contributed by atoms with Crippen molar-refractivity contribution in [2.24, 2.45) is 7.05 Å². The van der Waals surface area contributed by atoms with Gasteiger partial charge in [-0.1, -0.05) is 11.6 Å². The van der Waals surface area contributed by atoms with Crippen LogP contribution in [-0.2, 0) is 11.8 Å². The number of imidazole rings is 1. The predicted molar refractivity (Wildman–Crippen MR) is 85.4 cm³/mol. The van der Waals surface area contributed by atoms with Crippen molar-refractivity contribution >= 4 is 40.4 Å². The Kier molecular flexibility index (Phi) is 4.03. The molecule has 3 rings (SSSR count). The van der Waals surface area contributed by atoms with Crippen LogP contribution in [0.25, 0.3) is 11.0 Å². The molecule has 23 heavy (non-hydrogen) atoms. The molecule has 0 bridgehead atoms. The van der Waals surface area contributed by atoms with Gasteiger partial charge in [0.25, 0.3) is 5.91 Å². The maximum absolute atomic E-state index is 12.0. The van der Waals surface area contributed by atoms with Crippen LogP contribution in [0.2, 0.25) is 5.02 Å². The molecule has 3 aromatic rings. The highest BCUT2D eigenvalue weighted by Crippen LogP contribution is 2.21. The number of nitrogens with zero attached hydrogens (tertiary/aromatic N) is 2. The summed E-state index contributed by atoms with van der Waals surface area (Å²) in [6.07, 6.45) is 2.70. The number of aryl methyl sites for hydroxylation is 1. The van der Waals surface area contributed by atoms with Crippen molar-refractivity contribution in [3.63, 3.8) is 0 Å². The number of furan rings is 1. The number of fused-ring (bicyclic) bond motifs is 1. The smallest absolute Gasteiger partial charge is 0.254 e. The number of carbonyl (C=O) groups is 2. The van der Waals surface area contributed by atoms with Crippen LogP contribution in [0.3, 0.4) is 0 Å². The first-order valence-corrected chi connectivity index (χ1v) is 7.14. The summed E-state index contributed by atoms with van der Waals surface area (Å²) < 4.78 is 6.55. The lowest BCUT2D eigenvalue weighted by Gasteiger charge is -2.06. The molecule has 1 aromatic carbocycles. The van der Waals surface area contributed by atoms with Crippen LogP contribution >= 0.6 is 11.6 Å². The highest BCUT2D eigenvalue weighted by atomic mass is 35.5. The van der Waals surface area contributed by atoms with Crippen molar-refractivity contribution in [2.75, 3.05) is 11.9 Å². The molecule has 2 heterocycles. The van der Waals surface area contributed by atoms with Crippen LogP contribution in [0.15, 0.2) is 41.2 Å². The zero-order valence-electron chi connectivity index (χ0n) is 12.2. The monoisotopic (exact) mass is 332 g/mol. The van der Waals surface area contributed by atoms with Gasteiger partial charge in [0.05, 0.1) is 29.4 Å². The normalized spacial score (nSPS) is 10.7. The Labute approximate surface area is 136 Å². The number of amides is 2. The van der Waals surface area contributed by atoms with Crippen molar-refractivity contribution in [1.29, 1.82) is 0 Å². The van der Waals surface area contributed by atoms with Gasteiger partial charge in [0.1, 0.15) is 6.26 Å². The first-order chi connectivity index (χ1) is 11.0. The van der Waals surface area contributed by atoms with Crippen molar-refractivity contribution in [1.82, 2.24) is 14.9 Å². The van der Waals surface area contributed by atoms with Gasteiger partial charge in [-0.15, -0.1) is 0 Å². The van der Waals surface area contributed by atoms with E-state index < -0.39 is 0 Å². The molecule has 0 saturated carbocycles. The molecule has 0 aliphatic heterocycles. The van der Waals surface area contributed by atoms with E-state index in [-0.39, 0.29) is 18.4 Å². The molecule has 0 radical (unpaired) electrons. The SMILES string of the molecule is Cn1c(NC(=O)CNC(=O)c2ccoc2)nc2cc(Cl)ccc21. The van der Waals surface area contributed by atoms with Crippen LogP contribution in [0, 0.1) is 0 Å². The van der Waals surface area contributed by atoms with E-state index in [0.29, 0.717) is 22.1 Å². The fraction of sp³-hybridized carbons (Fsp3) is 0.133. The zero-order valence-corrected chi connectivity index (χ0v) is 12.9. The Hall–Kier alpha value is -2.80. The Bertz CT molecular complexity index is 870. The third-order valence-corrected chi connectivity index (χ3v) is 3.52. The van der Waals surface area contributed by atoms with E-state index in [1.807, 2.05) is 6.07 Å². The van der Waals surface area contributed by atoms with E-state index in [4.69, 9.17) is 16.0 Å². The van der Waals surface area contributed by atoms with E-state index in [1.54, 1.807) is 23.7 Å². The van der Waals surface area contributed by atoms with Crippen molar-refractivity contribution in [2.45, 2.75) is 0 Å². The second-order valence-corrected chi connectivity index (χ2v) is 5.31. The summed E-state index contributed by atoms with van der Waals surface area (Å²) in [7, 11) is 1.78. The molecule has 0 aliphatic rings. The van der Waals surface area contributed by atoms with Gasteiger partial charge in [0, 0.05) is 12.1 Å². The minimum atomic E-state index is -0.384. The predicted octanol–water partition coefficient (Wildman–Crippen LogP) is 2.19. The molecule has 0 spiro atoms. The van der Waals surface area contributed by atoms with Gasteiger partial charge in [-0.25, -0.2) is 4.98 Å². The first-order valence-electron chi connectivity index (χ1n) is 6.77. The average Bonchev–Trinajstić information content (AvgIpc) is 3.14. The molecule has 0 fully saturated rings. The molecule has 8 heteroatoms. The second kappa shape index (κ2) is 6.13. The number of aromatic nitrogens is 2. The highest BCUT2D eigenvalue weighted by molar-refractivity contribution is 6.31. The fourth-order valence-corrected chi connectivity index (χ4v) is 2.28. The van der Waals surface area contributed by atoms with Crippen LogP contribution in [-0.4, -0.2) is 27.9 Å². The molecular weight excluding hydrogens is 320 g/mol. The number of carbonyl (C=O) groups excluding carboxylic acids is 2. The molecule has 7 nitrogen and oxygen atoms in total. The van der Waals surface area contributed by atoms with Gasteiger partial charge in [0.2, 0.25) is 11.9 Å². The van der Waals surface area contributed by atoms with E-state index in [2.05, 4.69) is 15.6 Å². The number of nitrogens with one attached hydrogen (secondary N) is 2. The Morgan fingerprint density at radius 2 is 2.17 bits per heavy atom. The van der Waals surface area contributed by atoms with Crippen molar-refractivity contribution in [3.05, 3.63) is 47.4 Å². The van der Waals surface area contributed by atoms with Gasteiger partial charge < -0.3 is 14.3 Å². The zero-order chi connectivity index (χ0) is 16.4. The van der Waals surface area contributed by atoms with Crippen LogP contribution in [0.1, 0.15) is 10.4 Å². The van der Waals surface area contributed by atoms with Gasteiger partial charge in [0.15, 0.2) is 0 Å². The standard InChI is InChI=1S/C15H13ClN4O3/c1-20-12-3-2-10(16)6-11(12)18-15(20)19-13(21)7-17-14(22)9-4-5-23-8-9/h2-6,8H,7H2,1H3,(H,17,22)(H,18,19,21). The minimum absolute atomic E-state index is 0.173. The number of halogens is 1. The second-order valence-electron chi connectivity index (χ2n) is 4.87. The number of hydrogen-bond acceptors (Lipinski definition) is 4. The van der Waals surface area contributed by atoms with E-state index >= 15 is 0 Å². The highest BCUT2D eigenvalue weighted by Gasteiger charge is 2.13. The van der Waals surface area contributed by atoms with E-state index in [9.17, 15) is 9.59 Å². The summed E-state index contributed by atoms with van der Waals surface area (Å²) in [5.74, 6) is -0.387. The molecule has 118 valence electrons. The van der Waals surface area contributed by atoms with Gasteiger partial charge in [-0.2, -0.15) is 0 Å². The molecule has 2 amide bonds. The lowest BCUT2D eigenvalue weighted by molar-refractivity contribution is -0.115. The summed E-state index contributed by atoms with van der Waals surface area (Å²) in [5.41, 5.74) is 1.88. The minimum Gasteiger partial charge on any atom is -0.472 e. The lowest BCUT2D eigenvalue weighted by Crippen LogP contribution is -2.33. The molecule has 0 saturated heterocycles. The maximum Gasteiger partial charge on any atom is 0.254 e. The third-order valence-electron chi connectivity index (χ3n) is 3.29. The maximum atomic E-state index is 12.0. The summed E-state index contributed by atoms with van der Waals surface area (Å²) in [4.78, 5) is 28.0. The van der Waals surface area contributed by atoms with E-state index in [1.165, 1.54) is 18.6 Å².